The van der Waals surface area contributed by atoms with E-state index in [1.165, 1.54) is 12.1 Å². The van der Waals surface area contributed by atoms with Gasteiger partial charge in [0.05, 0.1) is 6.10 Å². The minimum atomic E-state index is -0.783. The summed E-state index contributed by atoms with van der Waals surface area (Å²) in [6.45, 7) is 0. The Morgan fingerprint density at radius 3 is 2.20 bits per heavy atom. The van der Waals surface area contributed by atoms with E-state index in [1.54, 1.807) is 18.2 Å². The first kappa shape index (κ1) is 15.2. The monoisotopic (exact) mass is 316 g/mol. The van der Waals surface area contributed by atoms with Gasteiger partial charge in [0.2, 0.25) is 0 Å². The van der Waals surface area contributed by atoms with Crippen LogP contribution in [0.15, 0.2) is 36.4 Å². The molecule has 0 heterocycles. The molecule has 1 nitrogen and oxygen atoms in total. The molecule has 2 aromatic carbocycles. The molecule has 0 aromatic heterocycles. The highest BCUT2D eigenvalue weighted by Gasteiger charge is 2.11. The third-order valence-electron chi connectivity index (χ3n) is 2.86. The van der Waals surface area contributed by atoms with Gasteiger partial charge < -0.3 is 5.11 Å². The highest BCUT2D eigenvalue weighted by Crippen LogP contribution is 2.23. The molecule has 0 radical (unpaired) electrons. The summed E-state index contributed by atoms with van der Waals surface area (Å²) in [6.07, 6.45) is -0.350. The van der Waals surface area contributed by atoms with Gasteiger partial charge in [-0.3, -0.25) is 0 Å². The minimum absolute atomic E-state index is 0.146. The maximum atomic E-state index is 13.1. The SMILES string of the molecule is OC(Cc1cc(F)cc(F)c1)Cc1ccc(Cl)cc1Cl. The summed E-state index contributed by atoms with van der Waals surface area (Å²) < 4.78 is 26.1. The van der Waals surface area contributed by atoms with Crippen molar-refractivity contribution in [2.24, 2.45) is 0 Å². The van der Waals surface area contributed by atoms with Gasteiger partial charge in [-0.05, 0) is 41.8 Å². The standard InChI is InChI=1S/C15H12Cl2F2O/c16-11-2-1-10(15(17)7-11)6-14(20)5-9-3-12(18)8-13(19)4-9/h1-4,7-8,14,20H,5-6H2. The molecule has 0 fully saturated rings. The van der Waals surface area contributed by atoms with Crippen LogP contribution in [0.3, 0.4) is 0 Å². The van der Waals surface area contributed by atoms with Crippen LogP contribution in [0, 0.1) is 11.6 Å². The summed E-state index contributed by atoms with van der Waals surface area (Å²) in [5, 5.41) is 11.0. The average molecular weight is 317 g/mol. The summed E-state index contributed by atoms with van der Waals surface area (Å²) in [4.78, 5) is 0. The topological polar surface area (TPSA) is 20.2 Å². The van der Waals surface area contributed by atoms with Gasteiger partial charge in [-0.15, -0.1) is 0 Å². The maximum Gasteiger partial charge on any atom is 0.126 e. The Morgan fingerprint density at radius 1 is 0.950 bits per heavy atom. The second kappa shape index (κ2) is 6.53. The third kappa shape index (κ3) is 4.17. The van der Waals surface area contributed by atoms with E-state index in [0.29, 0.717) is 15.6 Å². The summed E-state index contributed by atoms with van der Waals surface area (Å²) in [6, 6.07) is 8.20. The first-order valence-corrected chi connectivity index (χ1v) is 6.76. The second-order valence-electron chi connectivity index (χ2n) is 4.58. The minimum Gasteiger partial charge on any atom is -0.392 e. The van der Waals surface area contributed by atoms with E-state index in [1.807, 2.05) is 0 Å². The molecule has 0 spiro atoms. The van der Waals surface area contributed by atoms with Gasteiger partial charge in [0, 0.05) is 22.5 Å². The lowest BCUT2D eigenvalue weighted by Crippen LogP contribution is -2.14. The molecule has 0 aliphatic heterocycles. The summed E-state index contributed by atoms with van der Waals surface area (Å²) in [5.41, 5.74) is 1.14. The molecule has 2 rings (SSSR count). The molecule has 0 saturated heterocycles. The fraction of sp³-hybridized carbons (Fsp3) is 0.200. The zero-order chi connectivity index (χ0) is 14.7. The number of aliphatic hydroxyl groups excluding tert-OH is 1. The van der Waals surface area contributed by atoms with E-state index in [2.05, 4.69) is 0 Å². The number of hydrogen-bond acceptors (Lipinski definition) is 1. The molecule has 1 atom stereocenters. The third-order valence-corrected chi connectivity index (χ3v) is 3.45. The molecule has 2 aromatic rings. The Kier molecular flexibility index (Phi) is 4.97. The van der Waals surface area contributed by atoms with Crippen LogP contribution in [-0.4, -0.2) is 11.2 Å². The lowest BCUT2D eigenvalue weighted by molar-refractivity contribution is 0.175. The predicted octanol–water partition coefficient (Wildman–Crippen LogP) is 4.42. The van der Waals surface area contributed by atoms with Crippen LogP contribution in [-0.2, 0) is 12.8 Å². The van der Waals surface area contributed by atoms with Crippen molar-refractivity contribution in [2.45, 2.75) is 18.9 Å². The molecule has 0 saturated carbocycles. The molecular formula is C15H12Cl2F2O. The molecule has 106 valence electrons. The summed E-state index contributed by atoms with van der Waals surface area (Å²) >= 11 is 11.8. The Morgan fingerprint density at radius 2 is 1.60 bits per heavy atom. The van der Waals surface area contributed by atoms with Gasteiger partial charge in [0.15, 0.2) is 0 Å². The zero-order valence-corrected chi connectivity index (χ0v) is 11.9. The van der Waals surface area contributed by atoms with E-state index in [4.69, 9.17) is 23.2 Å². The van der Waals surface area contributed by atoms with E-state index >= 15 is 0 Å². The lowest BCUT2D eigenvalue weighted by Gasteiger charge is -2.12. The first-order valence-electron chi connectivity index (χ1n) is 6.01. The number of benzene rings is 2. The van der Waals surface area contributed by atoms with Crippen LogP contribution >= 0.6 is 23.2 Å². The molecule has 0 aliphatic carbocycles. The smallest absolute Gasteiger partial charge is 0.126 e. The quantitative estimate of drug-likeness (QED) is 0.885. The van der Waals surface area contributed by atoms with Crippen LogP contribution in [0.25, 0.3) is 0 Å². The molecule has 5 heteroatoms. The molecule has 0 amide bonds. The fourth-order valence-electron chi connectivity index (χ4n) is 2.01. The molecule has 1 unspecified atom stereocenters. The van der Waals surface area contributed by atoms with Gasteiger partial charge in [0.25, 0.3) is 0 Å². The lowest BCUT2D eigenvalue weighted by atomic mass is 10.0. The maximum absolute atomic E-state index is 13.1. The molecule has 0 bridgehead atoms. The van der Waals surface area contributed by atoms with Crippen LogP contribution in [0.2, 0.25) is 10.0 Å². The van der Waals surface area contributed by atoms with Gasteiger partial charge >= 0.3 is 0 Å². The second-order valence-corrected chi connectivity index (χ2v) is 5.42. The molecule has 20 heavy (non-hydrogen) atoms. The van der Waals surface area contributed by atoms with Crippen molar-refractivity contribution in [3.05, 3.63) is 69.2 Å². The van der Waals surface area contributed by atoms with Crippen molar-refractivity contribution < 1.29 is 13.9 Å². The van der Waals surface area contributed by atoms with Crippen molar-refractivity contribution in [1.82, 2.24) is 0 Å². The first-order chi connectivity index (χ1) is 9.44. The van der Waals surface area contributed by atoms with E-state index in [0.717, 1.165) is 11.6 Å². The Balaban J connectivity index is 2.06. The molecule has 0 aliphatic rings. The highest BCUT2D eigenvalue weighted by atomic mass is 35.5. The van der Waals surface area contributed by atoms with Crippen molar-refractivity contribution >= 4 is 23.2 Å². The molecular weight excluding hydrogens is 305 g/mol. The largest absolute Gasteiger partial charge is 0.392 e. The Bertz CT molecular complexity index is 597. The van der Waals surface area contributed by atoms with E-state index in [-0.39, 0.29) is 12.8 Å². The van der Waals surface area contributed by atoms with E-state index < -0.39 is 17.7 Å². The van der Waals surface area contributed by atoms with Crippen molar-refractivity contribution in [1.29, 1.82) is 0 Å². The van der Waals surface area contributed by atoms with Gasteiger partial charge in [-0.2, -0.15) is 0 Å². The summed E-state index contributed by atoms with van der Waals surface area (Å²) in [5.74, 6) is -1.31. The van der Waals surface area contributed by atoms with Gasteiger partial charge in [-0.25, -0.2) is 8.78 Å². The predicted molar refractivity (Wildman–Crippen MR) is 76.2 cm³/mol. The normalized spacial score (nSPS) is 12.4. The van der Waals surface area contributed by atoms with E-state index in [9.17, 15) is 13.9 Å². The Hall–Kier alpha value is -1.16. The Labute approximate surface area is 125 Å². The van der Waals surface area contributed by atoms with Crippen LogP contribution in [0.1, 0.15) is 11.1 Å². The number of hydrogen-bond donors (Lipinski definition) is 1. The fourth-order valence-corrected chi connectivity index (χ4v) is 2.50. The number of rotatable bonds is 4. The van der Waals surface area contributed by atoms with Crippen molar-refractivity contribution in [3.63, 3.8) is 0 Å². The van der Waals surface area contributed by atoms with Crippen molar-refractivity contribution in [3.8, 4) is 0 Å². The van der Waals surface area contributed by atoms with Crippen LogP contribution in [0.4, 0.5) is 8.78 Å². The number of aliphatic hydroxyl groups is 1. The zero-order valence-electron chi connectivity index (χ0n) is 10.4. The highest BCUT2D eigenvalue weighted by molar-refractivity contribution is 6.35. The average Bonchev–Trinajstić information content (AvgIpc) is 2.31. The molecule has 1 N–H and O–H groups in total. The summed E-state index contributed by atoms with van der Waals surface area (Å²) in [7, 11) is 0. The van der Waals surface area contributed by atoms with Gasteiger partial charge in [-0.1, -0.05) is 29.3 Å². The van der Waals surface area contributed by atoms with Gasteiger partial charge in [0.1, 0.15) is 11.6 Å². The van der Waals surface area contributed by atoms with Crippen molar-refractivity contribution in [2.75, 3.05) is 0 Å². The van der Waals surface area contributed by atoms with Crippen LogP contribution < -0.4 is 0 Å². The number of halogens is 4. The van der Waals surface area contributed by atoms with Crippen LogP contribution in [0.5, 0.6) is 0 Å².